The first-order chi connectivity index (χ1) is 13.9. The van der Waals surface area contributed by atoms with Gasteiger partial charge >= 0.3 is 0 Å². The summed E-state index contributed by atoms with van der Waals surface area (Å²) < 4.78 is 11.3. The Morgan fingerprint density at radius 1 is 1.17 bits per heavy atom. The van der Waals surface area contributed by atoms with Crippen LogP contribution in [0.15, 0.2) is 46.9 Å². The number of rotatable bonds is 4. The number of oxazole rings is 1. The maximum absolute atomic E-state index is 12.6. The Balaban J connectivity index is 1.51. The molecule has 0 atom stereocenters. The van der Waals surface area contributed by atoms with Crippen molar-refractivity contribution in [1.82, 2.24) is 4.98 Å². The van der Waals surface area contributed by atoms with Gasteiger partial charge in [-0.25, -0.2) is 4.98 Å². The molecule has 0 saturated heterocycles. The zero-order valence-corrected chi connectivity index (χ0v) is 16.5. The molecule has 0 radical (unpaired) electrons. The number of carbonyl (C=O) groups excluding carboxylic acids is 2. The lowest BCUT2D eigenvalue weighted by Gasteiger charge is -2.27. The molecule has 148 valence electrons. The van der Waals surface area contributed by atoms with E-state index < -0.39 is 0 Å². The summed E-state index contributed by atoms with van der Waals surface area (Å²) >= 11 is 0. The van der Waals surface area contributed by atoms with Crippen molar-refractivity contribution in [2.75, 3.05) is 23.9 Å². The van der Waals surface area contributed by atoms with Crippen molar-refractivity contribution in [2.24, 2.45) is 0 Å². The van der Waals surface area contributed by atoms with Crippen molar-refractivity contribution < 1.29 is 18.7 Å². The third-order valence-corrected chi connectivity index (χ3v) is 4.86. The molecule has 1 aromatic heterocycles. The van der Waals surface area contributed by atoms with Gasteiger partial charge in [0, 0.05) is 12.6 Å². The molecule has 1 aliphatic heterocycles. The number of likely N-dealkylation sites (N-methyl/N-ethyl adjacent to an activating group) is 1. The zero-order valence-electron chi connectivity index (χ0n) is 16.5. The molecular weight excluding hydrogens is 370 g/mol. The summed E-state index contributed by atoms with van der Waals surface area (Å²) in [5, 5.41) is 2.85. The molecule has 3 aromatic rings. The molecule has 0 unspecified atom stereocenters. The van der Waals surface area contributed by atoms with Crippen LogP contribution < -0.4 is 15.0 Å². The lowest BCUT2D eigenvalue weighted by Crippen LogP contribution is -2.35. The number of aryl methyl sites for hydroxylation is 2. The van der Waals surface area contributed by atoms with Crippen molar-refractivity contribution in [2.45, 2.75) is 20.3 Å². The summed E-state index contributed by atoms with van der Waals surface area (Å²) in [6.45, 7) is 3.75. The Labute approximate surface area is 168 Å². The van der Waals surface area contributed by atoms with Gasteiger partial charge in [-0.05, 0) is 38.1 Å². The number of carbonyl (C=O) groups is 2. The predicted octanol–water partition coefficient (Wildman–Crippen LogP) is 3.49. The number of aromatic nitrogens is 1. The SMILES string of the molecule is Cc1ccc(-c2nc(CC(=O)Nc3cccc4c3OCC(=O)N4C)c(C)o2)cc1. The summed E-state index contributed by atoms with van der Waals surface area (Å²) in [4.78, 5) is 30.4. The third-order valence-electron chi connectivity index (χ3n) is 4.86. The highest BCUT2D eigenvalue weighted by Gasteiger charge is 2.25. The van der Waals surface area contributed by atoms with Crippen LogP contribution >= 0.6 is 0 Å². The quantitative estimate of drug-likeness (QED) is 0.736. The summed E-state index contributed by atoms with van der Waals surface area (Å²) in [5.74, 6) is 1.20. The molecule has 7 nitrogen and oxygen atoms in total. The van der Waals surface area contributed by atoms with E-state index in [9.17, 15) is 9.59 Å². The maximum Gasteiger partial charge on any atom is 0.264 e. The largest absolute Gasteiger partial charge is 0.479 e. The van der Waals surface area contributed by atoms with E-state index in [2.05, 4.69) is 10.3 Å². The van der Waals surface area contributed by atoms with Gasteiger partial charge in [-0.15, -0.1) is 0 Å². The number of para-hydroxylation sites is 1. The number of benzene rings is 2. The predicted molar refractivity (Wildman–Crippen MR) is 109 cm³/mol. The second kappa shape index (κ2) is 7.43. The van der Waals surface area contributed by atoms with Crippen molar-refractivity contribution in [3.05, 3.63) is 59.5 Å². The Hall–Kier alpha value is -3.61. The van der Waals surface area contributed by atoms with Crippen LogP contribution in [0.3, 0.4) is 0 Å². The maximum atomic E-state index is 12.6. The van der Waals surface area contributed by atoms with Gasteiger partial charge in [0.2, 0.25) is 11.8 Å². The monoisotopic (exact) mass is 391 g/mol. The molecule has 1 N–H and O–H groups in total. The second-order valence-electron chi connectivity index (χ2n) is 7.01. The van der Waals surface area contributed by atoms with Crippen LogP contribution in [0.5, 0.6) is 5.75 Å². The topological polar surface area (TPSA) is 84.7 Å². The number of anilines is 2. The van der Waals surface area contributed by atoms with E-state index in [0.29, 0.717) is 34.5 Å². The Morgan fingerprint density at radius 3 is 2.69 bits per heavy atom. The minimum absolute atomic E-state index is 0.0569. The Kier molecular flexibility index (Phi) is 4.80. The van der Waals surface area contributed by atoms with Gasteiger partial charge in [0.15, 0.2) is 12.4 Å². The van der Waals surface area contributed by atoms with Crippen LogP contribution in [0.2, 0.25) is 0 Å². The van der Waals surface area contributed by atoms with Crippen molar-refractivity contribution in [1.29, 1.82) is 0 Å². The normalized spacial score (nSPS) is 13.1. The molecule has 2 aromatic carbocycles. The van der Waals surface area contributed by atoms with Crippen LogP contribution in [0.4, 0.5) is 11.4 Å². The highest BCUT2D eigenvalue weighted by Crippen LogP contribution is 2.38. The summed E-state index contributed by atoms with van der Waals surface area (Å²) in [6.07, 6.45) is 0.0691. The van der Waals surface area contributed by atoms with Gasteiger partial charge in [-0.2, -0.15) is 0 Å². The molecule has 0 bridgehead atoms. The van der Waals surface area contributed by atoms with Crippen molar-refractivity contribution >= 4 is 23.2 Å². The van der Waals surface area contributed by atoms with Crippen LogP contribution in [0.1, 0.15) is 17.0 Å². The van der Waals surface area contributed by atoms with E-state index in [1.165, 1.54) is 4.90 Å². The minimum Gasteiger partial charge on any atom is -0.479 e. The fourth-order valence-corrected chi connectivity index (χ4v) is 3.16. The van der Waals surface area contributed by atoms with E-state index >= 15 is 0 Å². The average molecular weight is 391 g/mol. The van der Waals surface area contributed by atoms with Crippen LogP contribution in [-0.2, 0) is 16.0 Å². The molecule has 29 heavy (non-hydrogen) atoms. The standard InChI is InChI=1S/C22H21N3O4/c1-13-7-9-15(10-8-13)22-24-17(14(2)29-22)11-19(26)23-16-5-4-6-18-21(16)28-12-20(27)25(18)3/h4-10H,11-12H2,1-3H3,(H,23,26). The second-order valence-corrected chi connectivity index (χ2v) is 7.01. The first-order valence-corrected chi connectivity index (χ1v) is 9.28. The van der Waals surface area contributed by atoms with Crippen LogP contribution in [0.25, 0.3) is 11.5 Å². The van der Waals surface area contributed by atoms with Crippen LogP contribution in [-0.4, -0.2) is 30.5 Å². The summed E-state index contributed by atoms with van der Waals surface area (Å²) in [7, 11) is 1.68. The molecule has 0 saturated carbocycles. The molecule has 0 spiro atoms. The minimum atomic E-state index is -0.242. The number of hydrogen-bond donors (Lipinski definition) is 1. The van der Waals surface area contributed by atoms with E-state index in [4.69, 9.17) is 9.15 Å². The molecular formula is C22H21N3O4. The number of ether oxygens (including phenoxy) is 1. The smallest absolute Gasteiger partial charge is 0.264 e. The molecule has 1 aliphatic rings. The third kappa shape index (κ3) is 3.71. The zero-order chi connectivity index (χ0) is 20.5. The highest BCUT2D eigenvalue weighted by molar-refractivity contribution is 6.01. The number of nitrogens with zero attached hydrogens (tertiary/aromatic N) is 2. The van der Waals surface area contributed by atoms with Gasteiger partial charge in [0.25, 0.3) is 5.91 Å². The van der Waals surface area contributed by atoms with Crippen molar-refractivity contribution in [3.8, 4) is 17.2 Å². The molecule has 4 rings (SSSR count). The lowest BCUT2D eigenvalue weighted by atomic mass is 10.1. The first kappa shape index (κ1) is 18.7. The molecule has 2 heterocycles. The van der Waals surface area contributed by atoms with E-state index in [1.54, 1.807) is 32.2 Å². The fourth-order valence-electron chi connectivity index (χ4n) is 3.16. The van der Waals surface area contributed by atoms with Gasteiger partial charge in [-0.1, -0.05) is 23.8 Å². The fraction of sp³-hybridized carbons (Fsp3) is 0.227. The lowest BCUT2D eigenvalue weighted by molar-refractivity contribution is -0.121. The number of fused-ring (bicyclic) bond motifs is 1. The van der Waals surface area contributed by atoms with E-state index in [-0.39, 0.29) is 24.8 Å². The van der Waals surface area contributed by atoms with Crippen LogP contribution in [0, 0.1) is 13.8 Å². The Bertz CT molecular complexity index is 1090. The van der Waals surface area contributed by atoms with Gasteiger partial charge in [-0.3, -0.25) is 9.59 Å². The average Bonchev–Trinajstić information content (AvgIpc) is 3.06. The molecule has 0 fully saturated rings. The number of nitrogens with one attached hydrogen (secondary N) is 1. The Morgan fingerprint density at radius 2 is 1.93 bits per heavy atom. The van der Waals surface area contributed by atoms with E-state index in [0.717, 1.165) is 11.1 Å². The van der Waals surface area contributed by atoms with Gasteiger partial charge in [0.1, 0.15) is 5.76 Å². The molecule has 2 amide bonds. The van der Waals surface area contributed by atoms with Gasteiger partial charge in [0.05, 0.1) is 23.5 Å². The summed E-state index contributed by atoms with van der Waals surface area (Å²) in [5.41, 5.74) is 3.74. The first-order valence-electron chi connectivity index (χ1n) is 9.28. The van der Waals surface area contributed by atoms with E-state index in [1.807, 2.05) is 31.2 Å². The summed E-state index contributed by atoms with van der Waals surface area (Å²) in [6, 6.07) is 13.1. The number of hydrogen-bond acceptors (Lipinski definition) is 5. The highest BCUT2D eigenvalue weighted by atomic mass is 16.5. The number of amides is 2. The molecule has 0 aliphatic carbocycles. The van der Waals surface area contributed by atoms with Crippen molar-refractivity contribution in [3.63, 3.8) is 0 Å². The molecule has 7 heteroatoms. The van der Waals surface area contributed by atoms with Gasteiger partial charge < -0.3 is 19.4 Å².